The van der Waals surface area contributed by atoms with Crippen LogP contribution in [-0.2, 0) is 20.6 Å². The summed E-state index contributed by atoms with van der Waals surface area (Å²) < 4.78 is 27.2. The molecular weight excluding hydrogens is 510 g/mol. The Morgan fingerprint density at radius 2 is 1.65 bits per heavy atom. The Balaban J connectivity index is 1.35. The van der Waals surface area contributed by atoms with E-state index >= 15 is 0 Å². The molecule has 0 unspecified atom stereocenters. The fourth-order valence-electron chi connectivity index (χ4n) is 4.45. The molecule has 0 saturated carbocycles. The van der Waals surface area contributed by atoms with E-state index in [4.69, 9.17) is 11.6 Å². The van der Waals surface area contributed by atoms with E-state index in [1.807, 2.05) is 37.3 Å². The van der Waals surface area contributed by atoms with Crippen molar-refractivity contribution in [1.29, 1.82) is 0 Å². The average molecular weight is 540 g/mol. The molecule has 0 aliphatic carbocycles. The summed E-state index contributed by atoms with van der Waals surface area (Å²) in [4.78, 5) is 26.0. The zero-order chi connectivity index (χ0) is 26.4. The van der Waals surface area contributed by atoms with E-state index in [1.54, 1.807) is 48.5 Å². The zero-order valence-electron chi connectivity index (χ0n) is 20.6. The van der Waals surface area contributed by atoms with Crippen molar-refractivity contribution in [3.05, 3.63) is 101 Å². The van der Waals surface area contributed by atoms with Crippen LogP contribution in [0.4, 0.5) is 5.69 Å². The number of carbonyl (C=O) groups excluding carboxylic acids is 2. The standard InChI is InChI=1S/C28H30ClN3O4S/c1-20(22-9-3-2-4-10-22)30-28(34)25-12-5-6-13-26(25)31-27(33)23-14-16-32(17-15-23)37(35,36)19-21-8-7-11-24(29)18-21/h2-13,18,20,23H,14-17,19H2,1H3,(H,30,34)(H,31,33)/t20-/m0/s1. The fraction of sp³-hybridized carbons (Fsp3) is 0.286. The number of carbonyl (C=O) groups is 2. The summed E-state index contributed by atoms with van der Waals surface area (Å²) in [6.45, 7) is 2.43. The van der Waals surface area contributed by atoms with Gasteiger partial charge in [0.15, 0.2) is 0 Å². The van der Waals surface area contributed by atoms with E-state index in [-0.39, 0.29) is 42.6 Å². The summed E-state index contributed by atoms with van der Waals surface area (Å²) in [6, 6.07) is 23.1. The van der Waals surface area contributed by atoms with Crippen molar-refractivity contribution < 1.29 is 18.0 Å². The molecule has 0 aromatic heterocycles. The molecule has 1 heterocycles. The van der Waals surface area contributed by atoms with E-state index in [2.05, 4.69) is 10.6 Å². The summed E-state index contributed by atoms with van der Waals surface area (Å²) in [5.41, 5.74) is 2.42. The number of hydrogen-bond donors (Lipinski definition) is 2. The number of nitrogens with one attached hydrogen (secondary N) is 2. The highest BCUT2D eigenvalue weighted by Crippen LogP contribution is 2.25. The van der Waals surface area contributed by atoms with Gasteiger partial charge < -0.3 is 10.6 Å². The number of nitrogens with zero attached hydrogens (tertiary/aromatic N) is 1. The second-order valence-corrected chi connectivity index (χ2v) is 11.6. The minimum absolute atomic E-state index is 0.131. The lowest BCUT2D eigenvalue weighted by atomic mass is 9.97. The van der Waals surface area contributed by atoms with Gasteiger partial charge in [-0.1, -0.05) is 66.2 Å². The number of para-hydroxylation sites is 1. The minimum atomic E-state index is -3.52. The largest absolute Gasteiger partial charge is 0.345 e. The molecule has 1 fully saturated rings. The number of halogens is 1. The van der Waals surface area contributed by atoms with Crippen molar-refractivity contribution in [2.45, 2.75) is 31.6 Å². The molecule has 0 spiro atoms. The molecule has 37 heavy (non-hydrogen) atoms. The molecule has 0 radical (unpaired) electrons. The highest BCUT2D eigenvalue weighted by Gasteiger charge is 2.31. The van der Waals surface area contributed by atoms with Crippen molar-refractivity contribution >= 4 is 39.1 Å². The van der Waals surface area contributed by atoms with Crippen LogP contribution in [0.1, 0.15) is 47.3 Å². The highest BCUT2D eigenvalue weighted by atomic mass is 35.5. The minimum Gasteiger partial charge on any atom is -0.345 e. The van der Waals surface area contributed by atoms with Crippen LogP contribution in [0.25, 0.3) is 0 Å². The third kappa shape index (κ3) is 6.97. The van der Waals surface area contributed by atoms with E-state index in [0.29, 0.717) is 34.7 Å². The molecule has 3 aromatic carbocycles. The number of sulfonamides is 1. The third-order valence-corrected chi connectivity index (χ3v) is 8.62. The van der Waals surface area contributed by atoms with Gasteiger partial charge in [0.2, 0.25) is 15.9 Å². The molecular formula is C28H30ClN3O4S. The molecule has 3 aromatic rings. The molecule has 1 atom stereocenters. The van der Waals surface area contributed by atoms with E-state index in [0.717, 1.165) is 5.56 Å². The Bertz CT molecular complexity index is 1360. The van der Waals surface area contributed by atoms with Crippen LogP contribution in [0.15, 0.2) is 78.9 Å². The number of anilines is 1. The highest BCUT2D eigenvalue weighted by molar-refractivity contribution is 7.88. The van der Waals surface area contributed by atoms with Crippen LogP contribution in [0.3, 0.4) is 0 Å². The molecule has 0 bridgehead atoms. The van der Waals surface area contributed by atoms with Gasteiger partial charge in [0.05, 0.1) is 23.0 Å². The summed E-state index contributed by atoms with van der Waals surface area (Å²) in [5, 5.41) is 6.36. The van der Waals surface area contributed by atoms with Crippen molar-refractivity contribution in [2.75, 3.05) is 18.4 Å². The van der Waals surface area contributed by atoms with Crippen LogP contribution in [-0.4, -0.2) is 37.6 Å². The Hall–Kier alpha value is -3.20. The van der Waals surface area contributed by atoms with Gasteiger partial charge in [-0.2, -0.15) is 0 Å². The van der Waals surface area contributed by atoms with Crippen LogP contribution >= 0.6 is 11.6 Å². The Kier molecular flexibility index (Phi) is 8.63. The number of benzene rings is 3. The first-order valence-corrected chi connectivity index (χ1v) is 14.2. The lowest BCUT2D eigenvalue weighted by Gasteiger charge is -2.30. The molecule has 1 aliphatic rings. The van der Waals surface area contributed by atoms with Gasteiger partial charge in [-0.15, -0.1) is 0 Å². The number of piperidine rings is 1. The lowest BCUT2D eigenvalue weighted by molar-refractivity contribution is -0.120. The normalized spacial score (nSPS) is 15.6. The number of rotatable bonds is 8. The smallest absolute Gasteiger partial charge is 0.253 e. The predicted octanol–water partition coefficient (Wildman–Crippen LogP) is 5.01. The first kappa shape index (κ1) is 26.9. The Morgan fingerprint density at radius 3 is 2.35 bits per heavy atom. The van der Waals surface area contributed by atoms with Crippen molar-refractivity contribution in [3.63, 3.8) is 0 Å². The molecule has 2 amide bonds. The first-order chi connectivity index (χ1) is 17.7. The maximum absolute atomic E-state index is 13.0. The van der Waals surface area contributed by atoms with Crippen LogP contribution in [0, 0.1) is 5.92 Å². The van der Waals surface area contributed by atoms with E-state index in [9.17, 15) is 18.0 Å². The van der Waals surface area contributed by atoms with Crippen molar-refractivity contribution in [1.82, 2.24) is 9.62 Å². The van der Waals surface area contributed by atoms with Crippen LogP contribution in [0.5, 0.6) is 0 Å². The maximum Gasteiger partial charge on any atom is 0.253 e. The maximum atomic E-state index is 13.0. The van der Waals surface area contributed by atoms with Crippen LogP contribution < -0.4 is 10.6 Å². The van der Waals surface area contributed by atoms with Gasteiger partial charge in [-0.25, -0.2) is 12.7 Å². The molecule has 7 nitrogen and oxygen atoms in total. The summed E-state index contributed by atoms with van der Waals surface area (Å²) >= 11 is 5.99. The number of amides is 2. The monoisotopic (exact) mass is 539 g/mol. The Morgan fingerprint density at radius 1 is 0.973 bits per heavy atom. The molecule has 2 N–H and O–H groups in total. The molecule has 1 saturated heterocycles. The Labute approximate surface area is 222 Å². The zero-order valence-corrected chi connectivity index (χ0v) is 22.1. The second-order valence-electron chi connectivity index (χ2n) is 9.20. The van der Waals surface area contributed by atoms with Gasteiger partial charge in [0.25, 0.3) is 5.91 Å². The first-order valence-electron chi connectivity index (χ1n) is 12.2. The predicted molar refractivity (Wildman–Crippen MR) is 146 cm³/mol. The van der Waals surface area contributed by atoms with Gasteiger partial charge >= 0.3 is 0 Å². The fourth-order valence-corrected chi connectivity index (χ4v) is 6.21. The topological polar surface area (TPSA) is 95.6 Å². The number of hydrogen-bond acceptors (Lipinski definition) is 4. The molecule has 4 rings (SSSR count). The van der Waals surface area contributed by atoms with Gasteiger partial charge in [0, 0.05) is 24.0 Å². The van der Waals surface area contributed by atoms with Gasteiger partial charge in [-0.05, 0) is 55.2 Å². The van der Waals surface area contributed by atoms with Gasteiger partial charge in [0.1, 0.15) is 0 Å². The average Bonchev–Trinajstić information content (AvgIpc) is 2.89. The SMILES string of the molecule is C[C@H](NC(=O)c1ccccc1NC(=O)C1CCN(S(=O)(=O)Cc2cccc(Cl)c2)CC1)c1ccccc1. The summed E-state index contributed by atoms with van der Waals surface area (Å²) in [6.07, 6.45) is 0.806. The van der Waals surface area contributed by atoms with Crippen LogP contribution in [0.2, 0.25) is 5.02 Å². The van der Waals surface area contributed by atoms with Gasteiger partial charge in [-0.3, -0.25) is 9.59 Å². The summed E-state index contributed by atoms with van der Waals surface area (Å²) in [5.74, 6) is -0.983. The molecule has 194 valence electrons. The lowest BCUT2D eigenvalue weighted by Crippen LogP contribution is -2.42. The molecule has 9 heteroatoms. The van der Waals surface area contributed by atoms with Crippen molar-refractivity contribution in [2.24, 2.45) is 5.92 Å². The van der Waals surface area contributed by atoms with E-state index in [1.165, 1.54) is 4.31 Å². The third-order valence-electron chi connectivity index (χ3n) is 6.53. The second kappa shape index (κ2) is 11.9. The molecule has 1 aliphatic heterocycles. The summed E-state index contributed by atoms with van der Waals surface area (Å²) in [7, 11) is -3.52. The van der Waals surface area contributed by atoms with Crippen molar-refractivity contribution in [3.8, 4) is 0 Å². The van der Waals surface area contributed by atoms with E-state index < -0.39 is 10.0 Å². The quantitative estimate of drug-likeness (QED) is 0.420.